The molecule has 0 spiro atoms. The van der Waals surface area contributed by atoms with Crippen LogP contribution in [0.5, 0.6) is 0 Å². The molecule has 8 nitrogen and oxygen atoms in total. The molecule has 0 heterocycles. The Labute approximate surface area is 118 Å². The van der Waals surface area contributed by atoms with E-state index < -0.39 is 13.4 Å². The van der Waals surface area contributed by atoms with Crippen molar-refractivity contribution in [3.8, 4) is 0 Å². The zero-order valence-corrected chi connectivity index (χ0v) is 14.4. The van der Waals surface area contributed by atoms with Crippen molar-refractivity contribution in [2.75, 3.05) is 68.6 Å². The van der Waals surface area contributed by atoms with E-state index in [0.29, 0.717) is 0 Å². The summed E-state index contributed by atoms with van der Waals surface area (Å²) in [5.74, 6) is 0. The molecule has 0 aliphatic rings. The van der Waals surface area contributed by atoms with Gasteiger partial charge in [0, 0.05) is 0 Å². The summed E-state index contributed by atoms with van der Waals surface area (Å²) in [6.45, 7) is 2.23. The average molecular weight is 351 g/mol. The fraction of sp³-hybridized carbons (Fsp3) is 1.00. The summed E-state index contributed by atoms with van der Waals surface area (Å²) in [6, 6.07) is 0. The molecule has 19 heavy (non-hydrogen) atoms. The zero-order valence-electron chi connectivity index (χ0n) is 12.7. The summed E-state index contributed by atoms with van der Waals surface area (Å²) in [4.78, 5) is 0. The van der Waals surface area contributed by atoms with Crippen molar-refractivity contribution in [2.24, 2.45) is 0 Å². The fourth-order valence-electron chi connectivity index (χ4n) is 0.600. The van der Waals surface area contributed by atoms with Crippen molar-refractivity contribution in [3.05, 3.63) is 0 Å². The fourth-order valence-corrected chi connectivity index (χ4v) is 0.600. The van der Waals surface area contributed by atoms with Gasteiger partial charge < -0.3 is 19.2 Å². The minimum absolute atomic E-state index is 0.281. The molecule has 0 aromatic heterocycles. The summed E-state index contributed by atoms with van der Waals surface area (Å²) in [5, 5.41) is 16.8. The van der Waals surface area contributed by atoms with Crippen molar-refractivity contribution in [1.29, 1.82) is 0 Å². The van der Waals surface area contributed by atoms with E-state index in [0.717, 1.165) is 22.1 Å². The third-order valence-corrected chi connectivity index (χ3v) is 1.54. The number of quaternary nitrogens is 2. The first-order valence-corrected chi connectivity index (χ1v) is 8.41. The standard InChI is InChI=1S/2C5H14NO.H2O4Se/c2*1-6(2,3)4-5-7;1-5(2,3)4/h2*7H,4-5H2,1-3H3;(H2,1,2,3,4)/q2*+1;/p-2. The predicted octanol–water partition coefficient (Wildman–Crippen LogP) is -3.63. The molecule has 120 valence electrons. The van der Waals surface area contributed by atoms with Crippen LogP contribution in [0.2, 0.25) is 0 Å². The number of rotatable bonds is 4. The second-order valence-corrected chi connectivity index (χ2v) is 7.60. The topological polar surface area (TPSA) is 121 Å². The quantitative estimate of drug-likeness (QED) is 0.398. The number of hydrogen-bond donors (Lipinski definition) is 2. The summed E-state index contributed by atoms with van der Waals surface area (Å²) in [7, 11) is 12.3. The molecule has 2 N–H and O–H groups in total. The van der Waals surface area contributed by atoms with Gasteiger partial charge in [-0.1, -0.05) is 0 Å². The van der Waals surface area contributed by atoms with Gasteiger partial charge in [0.1, 0.15) is 13.1 Å². The maximum absolute atomic E-state index is 8.59. The molecular weight excluding hydrogens is 323 g/mol. The summed E-state index contributed by atoms with van der Waals surface area (Å²) in [5.41, 5.74) is 0. The Balaban J connectivity index is -0.000000206. The second kappa shape index (κ2) is 10.6. The Hall–Kier alpha value is -0.121. The van der Waals surface area contributed by atoms with Crippen LogP contribution in [0.25, 0.3) is 0 Å². The SMILES string of the molecule is C[N+](C)(C)CCO.C[N+](C)(C)CCO.O=[Se](=O)([O-])[O-]. The predicted molar refractivity (Wildman–Crippen MR) is 67.1 cm³/mol. The van der Waals surface area contributed by atoms with Gasteiger partial charge in [-0.25, -0.2) is 0 Å². The van der Waals surface area contributed by atoms with E-state index in [1.165, 1.54) is 0 Å². The number of aliphatic hydroxyl groups is 2. The van der Waals surface area contributed by atoms with Gasteiger partial charge in [-0.05, 0) is 0 Å². The molecule has 0 aliphatic heterocycles. The van der Waals surface area contributed by atoms with Crippen molar-refractivity contribution in [3.63, 3.8) is 0 Å². The van der Waals surface area contributed by atoms with Gasteiger partial charge in [-0.2, -0.15) is 0 Å². The van der Waals surface area contributed by atoms with Crippen LogP contribution in [0.4, 0.5) is 0 Å². The first-order chi connectivity index (χ1) is 8.12. The number of aliphatic hydroxyl groups excluding tert-OH is 2. The molecule has 0 radical (unpaired) electrons. The number of nitrogens with zero attached hydrogens (tertiary/aromatic N) is 2. The van der Waals surface area contributed by atoms with E-state index in [4.69, 9.17) is 26.3 Å². The van der Waals surface area contributed by atoms with Crippen LogP contribution in [-0.2, 0) is 7.67 Å². The van der Waals surface area contributed by atoms with Crippen LogP contribution in [0.3, 0.4) is 0 Å². The summed E-state index contributed by atoms with van der Waals surface area (Å²) >= 11 is -5.75. The summed E-state index contributed by atoms with van der Waals surface area (Å²) < 4.78 is 36.1. The molecular formula is C10H28N2O6Se. The van der Waals surface area contributed by atoms with Gasteiger partial charge in [-0.15, -0.1) is 0 Å². The molecule has 0 bridgehead atoms. The van der Waals surface area contributed by atoms with E-state index in [1.807, 2.05) is 0 Å². The Morgan fingerprint density at radius 3 is 0.947 bits per heavy atom. The van der Waals surface area contributed by atoms with Crippen LogP contribution < -0.4 is 8.38 Å². The van der Waals surface area contributed by atoms with Gasteiger partial charge in [-0.3, -0.25) is 0 Å². The molecule has 0 fully saturated rings. The Bertz CT molecular complexity index is 268. The van der Waals surface area contributed by atoms with Crippen LogP contribution in [0, 0.1) is 0 Å². The Kier molecular flexibility index (Phi) is 13.4. The molecule has 9 heteroatoms. The van der Waals surface area contributed by atoms with Crippen LogP contribution in [0.15, 0.2) is 0 Å². The molecule has 0 aromatic carbocycles. The van der Waals surface area contributed by atoms with Crippen molar-refractivity contribution in [1.82, 2.24) is 0 Å². The molecule has 0 unspecified atom stereocenters. The van der Waals surface area contributed by atoms with Crippen molar-refractivity contribution in [2.45, 2.75) is 0 Å². The molecule has 0 rings (SSSR count). The van der Waals surface area contributed by atoms with Crippen molar-refractivity contribution < 1.29 is 35.2 Å². The van der Waals surface area contributed by atoms with E-state index in [1.54, 1.807) is 0 Å². The first kappa shape index (κ1) is 23.9. The molecule has 0 saturated carbocycles. The van der Waals surface area contributed by atoms with Gasteiger partial charge in [0.05, 0.1) is 55.5 Å². The van der Waals surface area contributed by atoms with Crippen molar-refractivity contribution >= 4 is 13.4 Å². The van der Waals surface area contributed by atoms with Gasteiger partial charge in [0.25, 0.3) is 0 Å². The number of hydrogen-bond acceptors (Lipinski definition) is 6. The third-order valence-electron chi connectivity index (χ3n) is 1.54. The van der Waals surface area contributed by atoms with Crippen LogP contribution in [0.1, 0.15) is 0 Å². The van der Waals surface area contributed by atoms with E-state index in [2.05, 4.69) is 42.3 Å². The van der Waals surface area contributed by atoms with E-state index >= 15 is 0 Å². The summed E-state index contributed by atoms with van der Waals surface area (Å²) in [6.07, 6.45) is 0. The monoisotopic (exact) mass is 352 g/mol. The maximum atomic E-state index is 8.59. The van der Waals surface area contributed by atoms with E-state index in [-0.39, 0.29) is 13.2 Å². The Morgan fingerprint density at radius 1 is 0.789 bits per heavy atom. The van der Waals surface area contributed by atoms with Gasteiger partial charge >= 0.3 is 29.4 Å². The average Bonchev–Trinajstić information content (AvgIpc) is 1.95. The van der Waals surface area contributed by atoms with E-state index in [9.17, 15) is 0 Å². The Morgan fingerprint density at radius 2 is 0.947 bits per heavy atom. The molecule has 0 aromatic rings. The van der Waals surface area contributed by atoms with Crippen LogP contribution in [-0.4, -0.2) is 101 Å². The zero-order chi connectivity index (χ0) is 16.3. The van der Waals surface area contributed by atoms with Gasteiger partial charge in [0.2, 0.25) is 0 Å². The van der Waals surface area contributed by atoms with Crippen LogP contribution >= 0.6 is 0 Å². The molecule has 0 aliphatic carbocycles. The molecule has 0 amide bonds. The minimum atomic E-state index is -5.75. The molecule has 0 saturated heterocycles. The third kappa shape index (κ3) is 72.6. The van der Waals surface area contributed by atoms with Gasteiger partial charge in [0.15, 0.2) is 0 Å². The molecule has 0 atom stereocenters. The first-order valence-electron chi connectivity index (χ1n) is 5.61. The number of likely N-dealkylation sites (N-methyl/N-ethyl adjacent to an activating group) is 2. The normalized spacial score (nSPS) is 11.9. The second-order valence-electron chi connectivity index (χ2n) is 5.88.